The van der Waals surface area contributed by atoms with E-state index in [1.54, 1.807) is 0 Å². The van der Waals surface area contributed by atoms with E-state index < -0.39 is 0 Å². The van der Waals surface area contributed by atoms with Crippen LogP contribution in [-0.4, -0.2) is 0 Å². The Hall–Kier alpha value is -6.96. The largest absolute Gasteiger partial charge is 0.310 e. The van der Waals surface area contributed by atoms with Crippen molar-refractivity contribution in [1.29, 1.82) is 0 Å². The van der Waals surface area contributed by atoms with Gasteiger partial charge in [-0.3, -0.25) is 0 Å². The van der Waals surface area contributed by atoms with Crippen molar-refractivity contribution in [3.8, 4) is 55.6 Å². The first-order valence-electron chi connectivity index (χ1n) is 20.8. The van der Waals surface area contributed by atoms with E-state index in [4.69, 9.17) is 0 Å². The highest BCUT2D eigenvalue weighted by molar-refractivity contribution is 5.96. The van der Waals surface area contributed by atoms with Gasteiger partial charge in [0.2, 0.25) is 0 Å². The Bertz CT molecular complexity index is 2960. The Morgan fingerprint density at radius 1 is 0.288 bits per heavy atom. The van der Waals surface area contributed by atoms with Gasteiger partial charge in [0.05, 0.1) is 0 Å². The maximum Gasteiger partial charge on any atom is 0.0467 e. The maximum absolute atomic E-state index is 2.43. The summed E-state index contributed by atoms with van der Waals surface area (Å²) in [6, 6.07) is 74.3. The zero-order valence-electron chi connectivity index (χ0n) is 34.0. The molecule has 1 heteroatoms. The molecule has 0 aliphatic heterocycles. The highest BCUT2D eigenvalue weighted by Gasteiger charge is 2.38. The lowest BCUT2D eigenvalue weighted by atomic mass is 9.82. The van der Waals surface area contributed by atoms with Crippen LogP contribution in [0.2, 0.25) is 0 Å². The molecule has 0 radical (unpaired) electrons. The van der Waals surface area contributed by atoms with E-state index in [0.717, 1.165) is 17.1 Å². The van der Waals surface area contributed by atoms with Crippen LogP contribution in [0.4, 0.5) is 17.1 Å². The topological polar surface area (TPSA) is 3.24 Å². The van der Waals surface area contributed by atoms with E-state index in [-0.39, 0.29) is 10.8 Å². The smallest absolute Gasteiger partial charge is 0.0467 e. The minimum atomic E-state index is -0.0633. The van der Waals surface area contributed by atoms with Crippen LogP contribution in [-0.2, 0) is 10.8 Å². The number of anilines is 3. The van der Waals surface area contributed by atoms with E-state index in [0.29, 0.717) is 0 Å². The van der Waals surface area contributed by atoms with Crippen LogP contribution >= 0.6 is 0 Å². The first-order valence-corrected chi connectivity index (χ1v) is 20.8. The molecule has 59 heavy (non-hydrogen) atoms. The molecule has 0 amide bonds. The van der Waals surface area contributed by atoms with Gasteiger partial charge in [-0.15, -0.1) is 0 Å². The van der Waals surface area contributed by atoms with Crippen molar-refractivity contribution in [2.75, 3.05) is 4.90 Å². The minimum absolute atomic E-state index is 0.0633. The van der Waals surface area contributed by atoms with Crippen LogP contribution in [0.5, 0.6) is 0 Å². The van der Waals surface area contributed by atoms with Crippen LogP contribution in [0, 0.1) is 0 Å². The molecule has 0 atom stereocenters. The predicted octanol–water partition coefficient (Wildman–Crippen LogP) is 15.9. The Morgan fingerprint density at radius 2 is 0.729 bits per heavy atom. The van der Waals surface area contributed by atoms with Crippen molar-refractivity contribution in [2.24, 2.45) is 0 Å². The van der Waals surface area contributed by atoms with Crippen molar-refractivity contribution < 1.29 is 0 Å². The molecule has 0 N–H and O–H groups in total. The van der Waals surface area contributed by atoms with Crippen molar-refractivity contribution in [3.63, 3.8) is 0 Å². The molecule has 9 aromatic carbocycles. The summed E-state index contributed by atoms with van der Waals surface area (Å²) in [4.78, 5) is 2.43. The van der Waals surface area contributed by atoms with E-state index in [2.05, 4.69) is 233 Å². The van der Waals surface area contributed by atoms with Crippen molar-refractivity contribution >= 4 is 27.8 Å². The summed E-state index contributed by atoms with van der Waals surface area (Å²) >= 11 is 0. The molecule has 1 nitrogen and oxygen atoms in total. The molecule has 0 heterocycles. The normalized spacial score (nSPS) is 14.0. The second kappa shape index (κ2) is 13.3. The Labute approximate surface area is 347 Å². The molecule has 0 bridgehead atoms. The molecule has 11 rings (SSSR count). The lowest BCUT2D eigenvalue weighted by Crippen LogP contribution is -2.14. The highest BCUT2D eigenvalue weighted by Crippen LogP contribution is 2.54. The number of benzene rings is 9. The van der Waals surface area contributed by atoms with Crippen LogP contribution in [0.15, 0.2) is 200 Å². The summed E-state index contributed by atoms with van der Waals surface area (Å²) in [7, 11) is 0. The molecule has 2 aliphatic carbocycles. The van der Waals surface area contributed by atoms with Crippen LogP contribution in [0.25, 0.3) is 66.4 Å². The van der Waals surface area contributed by atoms with Crippen LogP contribution in [0.1, 0.15) is 49.9 Å². The van der Waals surface area contributed by atoms with Gasteiger partial charge in [-0.05, 0) is 131 Å². The minimum Gasteiger partial charge on any atom is -0.310 e. The zero-order chi connectivity index (χ0) is 39.9. The standard InChI is InChI=1S/C58H45N/c1-57(2)51-25-9-7-21-49(51)55-47(23-13-27-53(55)57)42-17-11-19-45(36-42)59(44-33-31-39(32-34-44)41-30-29-38-15-5-6-16-40(38)35-41)46-20-12-18-43(37-46)48-24-14-28-54-56(48)50-22-8-10-26-52(50)58(54,3)4/h5-37H,1-4H3. The third kappa shape index (κ3) is 5.53. The SMILES string of the molecule is CC1(C)c2ccccc2-c2c(-c3cccc(N(c4ccc(-c5ccc6ccccc6c5)cc4)c4cccc(-c5cccc6c5-c5ccccc5C6(C)C)c4)c3)cccc21. The Kier molecular flexibility index (Phi) is 7.94. The molecule has 9 aromatic rings. The fraction of sp³-hybridized carbons (Fsp3) is 0.103. The third-order valence-corrected chi connectivity index (χ3v) is 13.3. The molecule has 2 aliphatic rings. The van der Waals surface area contributed by atoms with Gasteiger partial charge in [-0.25, -0.2) is 0 Å². The fourth-order valence-corrected chi connectivity index (χ4v) is 10.2. The van der Waals surface area contributed by atoms with E-state index in [9.17, 15) is 0 Å². The fourth-order valence-electron chi connectivity index (χ4n) is 10.2. The van der Waals surface area contributed by atoms with Gasteiger partial charge in [-0.2, -0.15) is 0 Å². The first kappa shape index (κ1) is 35.2. The number of nitrogens with zero attached hydrogens (tertiary/aromatic N) is 1. The summed E-state index contributed by atoms with van der Waals surface area (Å²) in [6.07, 6.45) is 0. The number of hydrogen-bond donors (Lipinski definition) is 0. The lowest BCUT2D eigenvalue weighted by molar-refractivity contribution is 0.660. The molecule has 0 aromatic heterocycles. The van der Waals surface area contributed by atoms with Crippen molar-refractivity contribution in [1.82, 2.24) is 0 Å². The third-order valence-electron chi connectivity index (χ3n) is 13.3. The van der Waals surface area contributed by atoms with Crippen molar-refractivity contribution in [3.05, 3.63) is 222 Å². The molecule has 0 spiro atoms. The van der Waals surface area contributed by atoms with E-state index in [1.807, 2.05) is 0 Å². The second-order valence-electron chi connectivity index (χ2n) is 17.3. The van der Waals surface area contributed by atoms with Gasteiger partial charge >= 0.3 is 0 Å². The Morgan fingerprint density at radius 3 is 1.29 bits per heavy atom. The van der Waals surface area contributed by atoms with Gasteiger partial charge in [0.25, 0.3) is 0 Å². The van der Waals surface area contributed by atoms with Gasteiger partial charge < -0.3 is 4.90 Å². The highest BCUT2D eigenvalue weighted by atomic mass is 15.1. The van der Waals surface area contributed by atoms with E-state index >= 15 is 0 Å². The monoisotopic (exact) mass is 755 g/mol. The molecular weight excluding hydrogens is 711 g/mol. The average molecular weight is 756 g/mol. The molecular formula is C58H45N. The number of hydrogen-bond acceptors (Lipinski definition) is 1. The van der Waals surface area contributed by atoms with Crippen LogP contribution in [0.3, 0.4) is 0 Å². The zero-order valence-corrected chi connectivity index (χ0v) is 34.0. The second-order valence-corrected chi connectivity index (χ2v) is 17.3. The van der Waals surface area contributed by atoms with Gasteiger partial charge in [0, 0.05) is 27.9 Å². The van der Waals surface area contributed by atoms with Crippen LogP contribution < -0.4 is 4.90 Å². The molecule has 0 saturated heterocycles. The summed E-state index contributed by atoms with van der Waals surface area (Å²) < 4.78 is 0. The summed E-state index contributed by atoms with van der Waals surface area (Å²) in [5.41, 5.74) is 21.5. The summed E-state index contributed by atoms with van der Waals surface area (Å²) in [6.45, 7) is 9.43. The average Bonchev–Trinajstić information content (AvgIpc) is 3.66. The molecule has 282 valence electrons. The Balaban J connectivity index is 1.07. The molecule has 0 unspecified atom stereocenters. The van der Waals surface area contributed by atoms with Gasteiger partial charge in [0.15, 0.2) is 0 Å². The number of fused-ring (bicyclic) bond motifs is 7. The quantitative estimate of drug-likeness (QED) is 0.163. The molecule has 0 fully saturated rings. The molecule has 0 saturated carbocycles. The summed E-state index contributed by atoms with van der Waals surface area (Å²) in [5.74, 6) is 0. The maximum atomic E-state index is 2.43. The van der Waals surface area contributed by atoms with Gasteiger partial charge in [0.1, 0.15) is 0 Å². The summed E-state index contributed by atoms with van der Waals surface area (Å²) in [5, 5.41) is 2.51. The first-order chi connectivity index (χ1) is 28.8. The number of rotatable bonds is 6. The van der Waals surface area contributed by atoms with Gasteiger partial charge in [-0.1, -0.05) is 185 Å². The predicted molar refractivity (Wildman–Crippen MR) is 250 cm³/mol. The van der Waals surface area contributed by atoms with E-state index in [1.165, 1.54) is 88.7 Å². The lowest BCUT2D eigenvalue weighted by Gasteiger charge is -2.27. The van der Waals surface area contributed by atoms with Crippen molar-refractivity contribution in [2.45, 2.75) is 38.5 Å².